The monoisotopic (exact) mass is 200 g/mol. The molecule has 13 heavy (non-hydrogen) atoms. The van der Waals surface area contributed by atoms with Gasteiger partial charge in [0.25, 0.3) is 0 Å². The van der Waals surface area contributed by atoms with Gasteiger partial charge in [-0.3, -0.25) is 10.2 Å². The van der Waals surface area contributed by atoms with Crippen LogP contribution in [0.25, 0.3) is 0 Å². The molecule has 1 amide bonds. The van der Waals surface area contributed by atoms with Gasteiger partial charge in [-0.2, -0.15) is 0 Å². The molecule has 0 aliphatic rings. The smallest absolute Gasteiger partial charge is 0.238 e. The molecule has 0 aromatic carbocycles. The summed E-state index contributed by atoms with van der Waals surface area (Å²) < 4.78 is 1.59. The van der Waals surface area contributed by atoms with Crippen molar-refractivity contribution < 1.29 is 4.79 Å². The van der Waals surface area contributed by atoms with E-state index in [0.29, 0.717) is 17.4 Å². The summed E-state index contributed by atoms with van der Waals surface area (Å²) >= 11 is 1.44. The Morgan fingerprint density at radius 3 is 2.85 bits per heavy atom. The lowest BCUT2D eigenvalue weighted by Crippen LogP contribution is -2.23. The maximum Gasteiger partial charge on any atom is 0.238 e. The summed E-state index contributed by atoms with van der Waals surface area (Å²) in [6, 6.07) is 0. The fourth-order valence-electron chi connectivity index (χ4n) is 0.808. The summed E-state index contributed by atoms with van der Waals surface area (Å²) in [4.78, 5) is 11.1. The number of nitrogens with one attached hydrogen (secondary N) is 1. The van der Waals surface area contributed by atoms with E-state index in [9.17, 15) is 4.79 Å². The molecule has 0 bridgehead atoms. The van der Waals surface area contributed by atoms with Crippen LogP contribution in [0.5, 0.6) is 0 Å². The third kappa shape index (κ3) is 2.21. The van der Waals surface area contributed by atoms with Crippen molar-refractivity contribution in [2.75, 3.05) is 11.7 Å². The zero-order chi connectivity index (χ0) is 9.84. The van der Waals surface area contributed by atoms with Crippen molar-refractivity contribution >= 4 is 17.7 Å². The number of amides is 1. The summed E-state index contributed by atoms with van der Waals surface area (Å²) in [5, 5.41) is 8.43. The Kier molecular flexibility index (Phi) is 3.30. The Balaban J connectivity index is 2.85. The highest BCUT2D eigenvalue weighted by Crippen LogP contribution is 2.10. The fourth-order valence-corrected chi connectivity index (χ4v) is 1.29. The van der Waals surface area contributed by atoms with Crippen molar-refractivity contribution in [1.29, 1.82) is 0 Å². The average Bonchev–Trinajstić information content (AvgIpc) is 2.48. The molecule has 1 heterocycles. The van der Waals surface area contributed by atoms with E-state index in [1.54, 1.807) is 18.5 Å². The van der Waals surface area contributed by atoms with E-state index in [-0.39, 0.29) is 5.91 Å². The van der Waals surface area contributed by atoms with Crippen LogP contribution in [0.3, 0.4) is 0 Å². The molecule has 1 aromatic heterocycles. The number of hydrogen-bond donors (Lipinski definition) is 1. The summed E-state index contributed by atoms with van der Waals surface area (Å²) in [5.41, 5.74) is 2.69. The normalized spacial score (nSPS) is 10.1. The summed E-state index contributed by atoms with van der Waals surface area (Å²) in [6.45, 7) is 3.59. The van der Waals surface area contributed by atoms with Gasteiger partial charge >= 0.3 is 0 Å². The molecule has 0 aliphatic heterocycles. The minimum Gasteiger partial charge on any atom is -0.273 e. The maximum absolute atomic E-state index is 11.1. The van der Waals surface area contributed by atoms with Gasteiger partial charge in [-0.1, -0.05) is 18.7 Å². The van der Waals surface area contributed by atoms with Crippen LogP contribution >= 0.6 is 11.8 Å². The molecule has 1 N–H and O–H groups in total. The van der Waals surface area contributed by atoms with Crippen LogP contribution in [0.4, 0.5) is 0 Å². The molecule has 0 spiro atoms. The van der Waals surface area contributed by atoms with Crippen molar-refractivity contribution in [1.82, 2.24) is 14.9 Å². The average molecular weight is 200 g/mol. The van der Waals surface area contributed by atoms with Crippen molar-refractivity contribution in [3.8, 4) is 0 Å². The van der Waals surface area contributed by atoms with Crippen molar-refractivity contribution in [3.05, 3.63) is 5.82 Å². The number of aryl methyl sites for hydroxylation is 1. The zero-order valence-electron chi connectivity index (χ0n) is 7.87. The highest BCUT2D eigenvalue weighted by molar-refractivity contribution is 7.98. The summed E-state index contributed by atoms with van der Waals surface area (Å²) in [5.74, 6) is 0.643. The lowest BCUT2D eigenvalue weighted by atomic mass is 10.5. The van der Waals surface area contributed by atoms with E-state index in [4.69, 9.17) is 0 Å². The Bertz CT molecular complexity index is 309. The zero-order valence-corrected chi connectivity index (χ0v) is 8.68. The predicted molar refractivity (Wildman–Crippen MR) is 51.2 cm³/mol. The molecule has 0 atom stereocenters. The number of rotatable bonds is 3. The first-order chi connectivity index (χ1) is 6.19. The molecule has 0 fully saturated rings. The Morgan fingerprint density at radius 2 is 2.31 bits per heavy atom. The lowest BCUT2D eigenvalue weighted by Gasteiger charge is -2.06. The molecule has 72 valence electrons. The minimum atomic E-state index is -0.0433. The van der Waals surface area contributed by atoms with E-state index in [0.717, 1.165) is 0 Å². The molecular weight excluding hydrogens is 188 g/mol. The fraction of sp³-hybridized carbons (Fsp3) is 0.571. The van der Waals surface area contributed by atoms with Gasteiger partial charge in [-0.25, -0.2) is 4.68 Å². The number of carbonyl (C=O) groups excluding carboxylic acids is 1. The first-order valence-corrected chi connectivity index (χ1v) is 5.17. The van der Waals surface area contributed by atoms with E-state index < -0.39 is 0 Å². The van der Waals surface area contributed by atoms with Crippen molar-refractivity contribution in [2.45, 2.75) is 25.4 Å². The molecule has 6 heteroatoms. The topological polar surface area (TPSA) is 59.8 Å². The van der Waals surface area contributed by atoms with Crippen LogP contribution in [-0.2, 0) is 4.79 Å². The van der Waals surface area contributed by atoms with Gasteiger partial charge in [0.1, 0.15) is 5.82 Å². The molecule has 0 saturated carbocycles. The second-order valence-electron chi connectivity index (χ2n) is 2.46. The summed E-state index contributed by atoms with van der Waals surface area (Å²) in [6.07, 6.45) is 2.34. The molecule has 5 nitrogen and oxygen atoms in total. The third-order valence-corrected chi connectivity index (χ3v) is 2.16. The SMILES string of the molecule is CCC(=O)Nn1c(C)nnc1SC. The van der Waals surface area contributed by atoms with Crippen LogP contribution in [0.1, 0.15) is 19.2 Å². The minimum absolute atomic E-state index is 0.0433. The van der Waals surface area contributed by atoms with Gasteiger partial charge in [0.15, 0.2) is 0 Å². The van der Waals surface area contributed by atoms with Crippen molar-refractivity contribution in [2.24, 2.45) is 0 Å². The van der Waals surface area contributed by atoms with Gasteiger partial charge < -0.3 is 0 Å². The van der Waals surface area contributed by atoms with Gasteiger partial charge in [-0.05, 0) is 13.2 Å². The van der Waals surface area contributed by atoms with Crippen LogP contribution in [0.2, 0.25) is 0 Å². The number of carbonyl (C=O) groups is 1. The highest BCUT2D eigenvalue weighted by Gasteiger charge is 2.08. The van der Waals surface area contributed by atoms with Crippen LogP contribution in [-0.4, -0.2) is 27.0 Å². The second kappa shape index (κ2) is 4.27. The molecule has 1 aromatic rings. The van der Waals surface area contributed by atoms with Gasteiger partial charge in [-0.15, -0.1) is 10.2 Å². The first-order valence-electron chi connectivity index (χ1n) is 3.95. The lowest BCUT2D eigenvalue weighted by molar-refractivity contribution is -0.116. The number of nitrogens with zero attached hydrogens (tertiary/aromatic N) is 3. The van der Waals surface area contributed by atoms with Gasteiger partial charge in [0, 0.05) is 6.42 Å². The number of thioether (sulfide) groups is 1. The molecular formula is C7H12N4OS. The molecule has 0 radical (unpaired) electrons. The molecule has 0 unspecified atom stereocenters. The number of aromatic nitrogens is 3. The predicted octanol–water partition coefficient (Wildman–Crippen LogP) is 0.789. The highest BCUT2D eigenvalue weighted by atomic mass is 32.2. The summed E-state index contributed by atoms with van der Waals surface area (Å²) in [7, 11) is 0. The van der Waals surface area contributed by atoms with Gasteiger partial charge in [0.2, 0.25) is 11.1 Å². The van der Waals surface area contributed by atoms with Gasteiger partial charge in [0.05, 0.1) is 0 Å². The van der Waals surface area contributed by atoms with E-state index >= 15 is 0 Å². The van der Waals surface area contributed by atoms with E-state index in [1.165, 1.54) is 11.8 Å². The Labute approximate surface area is 80.9 Å². The Hall–Kier alpha value is -1.04. The van der Waals surface area contributed by atoms with Crippen molar-refractivity contribution in [3.63, 3.8) is 0 Å². The van der Waals surface area contributed by atoms with E-state index in [2.05, 4.69) is 15.6 Å². The first kappa shape index (κ1) is 10.0. The second-order valence-corrected chi connectivity index (χ2v) is 3.23. The maximum atomic E-state index is 11.1. The molecule has 0 saturated heterocycles. The molecule has 0 aliphatic carbocycles. The standard InChI is InChI=1S/C7H12N4OS/c1-4-6(12)10-11-5(2)8-9-7(11)13-3/h4H2,1-3H3,(H,10,12). The largest absolute Gasteiger partial charge is 0.273 e. The third-order valence-electron chi connectivity index (χ3n) is 1.54. The van der Waals surface area contributed by atoms with Crippen LogP contribution in [0, 0.1) is 6.92 Å². The van der Waals surface area contributed by atoms with E-state index in [1.807, 2.05) is 6.26 Å². The molecule has 1 rings (SSSR count). The Morgan fingerprint density at radius 1 is 1.62 bits per heavy atom. The van der Waals surface area contributed by atoms with Crippen LogP contribution in [0.15, 0.2) is 5.16 Å². The van der Waals surface area contributed by atoms with Crippen LogP contribution < -0.4 is 5.43 Å². The number of hydrogen-bond acceptors (Lipinski definition) is 4. The quantitative estimate of drug-likeness (QED) is 0.733.